The standard InChI is InChI=1S/C6H12O6.C4H8O2/c7-1-3(9)5(11)6(12)4(10)2-8;1-2-3-4(5)6/h3,5-9,11-12H,1-2H2;2-3H2,1H3,(H,5,6). The van der Waals surface area contributed by atoms with Crippen LogP contribution in [0, 0.1) is 0 Å². The number of aliphatic carboxylic acids is 1. The van der Waals surface area contributed by atoms with Crippen LogP contribution in [0.25, 0.3) is 0 Å². The molecule has 0 spiro atoms. The second-order valence-corrected chi connectivity index (χ2v) is 3.45. The molecule has 0 aromatic rings. The van der Waals surface area contributed by atoms with Gasteiger partial charge in [-0.25, -0.2) is 0 Å². The molecule has 0 heterocycles. The van der Waals surface area contributed by atoms with Gasteiger partial charge in [0.05, 0.1) is 6.61 Å². The third kappa shape index (κ3) is 9.02. The lowest BCUT2D eigenvalue weighted by atomic mass is 10.1. The van der Waals surface area contributed by atoms with Crippen molar-refractivity contribution in [2.45, 2.75) is 38.1 Å². The summed E-state index contributed by atoms with van der Waals surface area (Å²) in [6.07, 6.45) is -4.20. The van der Waals surface area contributed by atoms with E-state index in [4.69, 9.17) is 30.6 Å². The number of aliphatic hydroxyl groups excluding tert-OH is 5. The van der Waals surface area contributed by atoms with Crippen LogP contribution in [0.2, 0.25) is 0 Å². The van der Waals surface area contributed by atoms with Crippen LogP contribution in [-0.2, 0) is 9.59 Å². The highest BCUT2D eigenvalue weighted by atomic mass is 16.4. The summed E-state index contributed by atoms with van der Waals surface area (Å²) >= 11 is 0. The molecule has 0 saturated carbocycles. The molecule has 0 radical (unpaired) electrons. The first-order chi connectivity index (χ1) is 8.31. The van der Waals surface area contributed by atoms with Gasteiger partial charge in [0.15, 0.2) is 5.78 Å². The van der Waals surface area contributed by atoms with Crippen LogP contribution in [0.3, 0.4) is 0 Å². The molecule has 3 unspecified atom stereocenters. The van der Waals surface area contributed by atoms with Crippen LogP contribution in [0.4, 0.5) is 0 Å². The number of hydrogen-bond acceptors (Lipinski definition) is 7. The van der Waals surface area contributed by atoms with Gasteiger partial charge in [0.2, 0.25) is 0 Å². The smallest absolute Gasteiger partial charge is 0.303 e. The van der Waals surface area contributed by atoms with Gasteiger partial charge >= 0.3 is 5.97 Å². The van der Waals surface area contributed by atoms with Gasteiger partial charge in [-0.3, -0.25) is 9.59 Å². The second kappa shape index (κ2) is 11.1. The number of carbonyl (C=O) groups is 2. The Morgan fingerprint density at radius 2 is 1.61 bits per heavy atom. The number of aliphatic hydroxyl groups is 5. The average Bonchev–Trinajstić information content (AvgIpc) is 2.35. The van der Waals surface area contributed by atoms with Crippen molar-refractivity contribution < 1.29 is 40.2 Å². The maximum atomic E-state index is 10.5. The van der Waals surface area contributed by atoms with Crippen molar-refractivity contribution in [2.24, 2.45) is 0 Å². The molecule has 108 valence electrons. The summed E-state index contributed by atoms with van der Waals surface area (Å²) in [5.41, 5.74) is 0. The van der Waals surface area contributed by atoms with E-state index in [9.17, 15) is 9.59 Å². The molecule has 6 N–H and O–H groups in total. The molecule has 8 heteroatoms. The SMILES string of the molecule is CCCC(=O)O.O=C(CO)C(O)C(O)C(O)CO. The van der Waals surface area contributed by atoms with E-state index in [0.29, 0.717) is 6.42 Å². The molecule has 0 aromatic carbocycles. The lowest BCUT2D eigenvalue weighted by Gasteiger charge is -2.19. The molecule has 0 fully saturated rings. The zero-order valence-corrected chi connectivity index (χ0v) is 10.1. The summed E-state index contributed by atoms with van der Waals surface area (Å²) in [5.74, 6) is -1.72. The Morgan fingerprint density at radius 1 is 1.11 bits per heavy atom. The van der Waals surface area contributed by atoms with Gasteiger partial charge < -0.3 is 30.6 Å². The van der Waals surface area contributed by atoms with Gasteiger partial charge in [-0.2, -0.15) is 0 Å². The number of carboxylic acid groups (broad SMARTS) is 1. The van der Waals surface area contributed by atoms with Crippen molar-refractivity contribution >= 4 is 11.8 Å². The van der Waals surface area contributed by atoms with E-state index in [2.05, 4.69) is 0 Å². The fourth-order valence-corrected chi connectivity index (χ4v) is 0.816. The van der Waals surface area contributed by atoms with E-state index < -0.39 is 43.3 Å². The number of Topliss-reactive ketones (excluding diaryl/α,β-unsaturated/α-hetero) is 1. The Bertz CT molecular complexity index is 242. The molecule has 0 amide bonds. The highest BCUT2D eigenvalue weighted by Gasteiger charge is 2.28. The maximum absolute atomic E-state index is 10.5. The van der Waals surface area contributed by atoms with Crippen molar-refractivity contribution in [3.63, 3.8) is 0 Å². The number of carboxylic acids is 1. The van der Waals surface area contributed by atoms with Crippen LogP contribution in [0.5, 0.6) is 0 Å². The van der Waals surface area contributed by atoms with Crippen molar-refractivity contribution in [3.05, 3.63) is 0 Å². The maximum Gasteiger partial charge on any atom is 0.303 e. The summed E-state index contributed by atoms with van der Waals surface area (Å²) < 4.78 is 0. The molecule has 0 aromatic heterocycles. The largest absolute Gasteiger partial charge is 0.481 e. The van der Waals surface area contributed by atoms with Crippen molar-refractivity contribution in [1.82, 2.24) is 0 Å². The van der Waals surface area contributed by atoms with Gasteiger partial charge in [0.1, 0.15) is 24.9 Å². The molecular formula is C10H20O8. The molecule has 0 aliphatic rings. The van der Waals surface area contributed by atoms with Gasteiger partial charge in [-0.05, 0) is 6.42 Å². The van der Waals surface area contributed by atoms with E-state index in [1.807, 2.05) is 6.92 Å². The zero-order valence-electron chi connectivity index (χ0n) is 10.1. The summed E-state index contributed by atoms with van der Waals surface area (Å²) in [6.45, 7) is 0.154. The van der Waals surface area contributed by atoms with Crippen LogP contribution in [0.1, 0.15) is 19.8 Å². The molecule has 0 aliphatic carbocycles. The van der Waals surface area contributed by atoms with E-state index in [-0.39, 0.29) is 0 Å². The molecule has 0 aliphatic heterocycles. The predicted octanol–water partition coefficient (Wildman–Crippen LogP) is -2.51. The highest BCUT2D eigenvalue weighted by Crippen LogP contribution is 2.00. The minimum Gasteiger partial charge on any atom is -0.481 e. The van der Waals surface area contributed by atoms with Crippen molar-refractivity contribution in [2.75, 3.05) is 13.2 Å². The second-order valence-electron chi connectivity index (χ2n) is 3.45. The molecule has 8 nitrogen and oxygen atoms in total. The molecular weight excluding hydrogens is 248 g/mol. The molecule has 0 bridgehead atoms. The fourth-order valence-electron chi connectivity index (χ4n) is 0.816. The highest BCUT2D eigenvalue weighted by molar-refractivity contribution is 5.84. The van der Waals surface area contributed by atoms with Crippen LogP contribution in [-0.4, -0.2) is 73.9 Å². The first-order valence-corrected chi connectivity index (χ1v) is 5.32. The van der Waals surface area contributed by atoms with Crippen molar-refractivity contribution in [3.8, 4) is 0 Å². The summed E-state index contributed by atoms with van der Waals surface area (Å²) in [4.78, 5) is 20.1. The molecule has 18 heavy (non-hydrogen) atoms. The fraction of sp³-hybridized carbons (Fsp3) is 0.800. The summed E-state index contributed by atoms with van der Waals surface area (Å²) in [6, 6.07) is 0. The third-order valence-electron chi connectivity index (χ3n) is 1.85. The van der Waals surface area contributed by atoms with E-state index in [1.165, 1.54) is 0 Å². The average molecular weight is 268 g/mol. The Kier molecular flexibility index (Phi) is 11.8. The Hall–Kier alpha value is -1.06. The first-order valence-electron chi connectivity index (χ1n) is 5.32. The van der Waals surface area contributed by atoms with Gasteiger partial charge in [-0.1, -0.05) is 6.92 Å². The third-order valence-corrected chi connectivity index (χ3v) is 1.85. The van der Waals surface area contributed by atoms with Crippen LogP contribution >= 0.6 is 0 Å². The monoisotopic (exact) mass is 268 g/mol. The minimum atomic E-state index is -1.86. The Morgan fingerprint density at radius 3 is 1.83 bits per heavy atom. The zero-order chi connectivity index (χ0) is 14.7. The van der Waals surface area contributed by atoms with Gasteiger partial charge in [-0.15, -0.1) is 0 Å². The van der Waals surface area contributed by atoms with Crippen LogP contribution < -0.4 is 0 Å². The van der Waals surface area contributed by atoms with E-state index in [1.54, 1.807) is 0 Å². The Labute approximate surface area is 104 Å². The molecule has 0 rings (SSSR count). The number of ketones is 1. The first kappa shape index (κ1) is 19.3. The van der Waals surface area contributed by atoms with Crippen LogP contribution in [0.15, 0.2) is 0 Å². The normalized spacial score (nSPS) is 15.0. The number of rotatable bonds is 7. The summed E-state index contributed by atoms with van der Waals surface area (Å²) in [7, 11) is 0. The topological polar surface area (TPSA) is 156 Å². The lowest BCUT2D eigenvalue weighted by molar-refractivity contribution is -0.142. The minimum absolute atomic E-state index is 0.292. The predicted molar refractivity (Wildman–Crippen MR) is 59.7 cm³/mol. The summed E-state index contributed by atoms with van der Waals surface area (Å²) in [5, 5.41) is 51.0. The number of carbonyl (C=O) groups excluding carboxylic acids is 1. The van der Waals surface area contributed by atoms with E-state index in [0.717, 1.165) is 6.42 Å². The van der Waals surface area contributed by atoms with Crippen molar-refractivity contribution in [1.29, 1.82) is 0 Å². The molecule has 3 atom stereocenters. The lowest BCUT2D eigenvalue weighted by Crippen LogP contribution is -2.44. The quantitative estimate of drug-likeness (QED) is 0.296. The van der Waals surface area contributed by atoms with Gasteiger partial charge in [0.25, 0.3) is 0 Å². The Balaban J connectivity index is 0. The molecule has 0 saturated heterocycles. The number of hydrogen-bond donors (Lipinski definition) is 6. The van der Waals surface area contributed by atoms with E-state index >= 15 is 0 Å². The van der Waals surface area contributed by atoms with Gasteiger partial charge in [0, 0.05) is 6.42 Å².